The summed E-state index contributed by atoms with van der Waals surface area (Å²) in [6, 6.07) is 0. The number of nitrogens with one attached hydrogen (secondary N) is 1. The monoisotopic (exact) mass is 272 g/mol. The second-order valence-electron chi connectivity index (χ2n) is 2.15. The van der Waals surface area contributed by atoms with Gasteiger partial charge in [0.1, 0.15) is 0 Å². The summed E-state index contributed by atoms with van der Waals surface area (Å²) in [4.78, 5) is 10.9. The summed E-state index contributed by atoms with van der Waals surface area (Å²) < 4.78 is 2.06. The van der Waals surface area contributed by atoms with E-state index in [9.17, 15) is 4.79 Å². The van der Waals surface area contributed by atoms with Gasteiger partial charge in [0.25, 0.3) is 0 Å². The first kappa shape index (κ1) is 8.76. The standard InChI is InChI=1S/C5H9IN2OS/c6-10-8-2-1-7-3-5(9)4-8/h7H,1-4H2. The Bertz CT molecular complexity index is 133. The highest BCUT2D eigenvalue weighted by atomic mass is 127. The van der Waals surface area contributed by atoms with E-state index in [-0.39, 0.29) is 5.78 Å². The lowest BCUT2D eigenvalue weighted by molar-refractivity contribution is -0.117. The van der Waals surface area contributed by atoms with Crippen LogP contribution in [0, 0.1) is 0 Å². The molecule has 1 heterocycles. The maximum absolute atomic E-state index is 10.9. The molecule has 58 valence electrons. The molecule has 0 spiro atoms. The van der Waals surface area contributed by atoms with E-state index in [0.29, 0.717) is 13.1 Å². The Balaban J connectivity index is 2.38. The van der Waals surface area contributed by atoms with Crippen LogP contribution < -0.4 is 5.32 Å². The maximum Gasteiger partial charge on any atom is 0.161 e. The Morgan fingerprint density at radius 1 is 1.70 bits per heavy atom. The molecule has 1 N–H and O–H groups in total. The van der Waals surface area contributed by atoms with E-state index in [4.69, 9.17) is 0 Å². The minimum absolute atomic E-state index is 0.279. The molecule has 0 atom stereocenters. The van der Waals surface area contributed by atoms with Crippen LogP contribution in [-0.4, -0.2) is 36.3 Å². The molecule has 0 bridgehead atoms. The molecule has 0 saturated carbocycles. The summed E-state index contributed by atoms with van der Waals surface area (Å²) >= 11 is 2.20. The fourth-order valence-corrected chi connectivity index (χ4v) is 2.18. The Morgan fingerprint density at radius 2 is 2.50 bits per heavy atom. The summed E-state index contributed by atoms with van der Waals surface area (Å²) in [7, 11) is 1.61. The predicted octanol–water partition coefficient (Wildman–Crippen LogP) is 0.459. The first-order chi connectivity index (χ1) is 4.83. The quantitative estimate of drug-likeness (QED) is 0.555. The van der Waals surface area contributed by atoms with Crippen molar-refractivity contribution in [3.63, 3.8) is 0 Å². The normalized spacial score (nSPS) is 22.7. The molecular weight excluding hydrogens is 263 g/mol. The fourth-order valence-electron chi connectivity index (χ4n) is 0.822. The molecule has 3 nitrogen and oxygen atoms in total. The zero-order valence-corrected chi connectivity index (χ0v) is 8.44. The zero-order chi connectivity index (χ0) is 7.40. The smallest absolute Gasteiger partial charge is 0.161 e. The van der Waals surface area contributed by atoms with Gasteiger partial charge in [-0.05, 0) is 9.12 Å². The molecule has 0 aromatic heterocycles. The maximum atomic E-state index is 10.9. The van der Waals surface area contributed by atoms with Gasteiger partial charge in [0, 0.05) is 34.3 Å². The van der Waals surface area contributed by atoms with E-state index in [0.717, 1.165) is 13.1 Å². The lowest BCUT2D eigenvalue weighted by Crippen LogP contribution is -2.22. The van der Waals surface area contributed by atoms with Crippen LogP contribution in [0.25, 0.3) is 0 Å². The van der Waals surface area contributed by atoms with Crippen molar-refractivity contribution >= 4 is 36.1 Å². The summed E-state index contributed by atoms with van der Waals surface area (Å²) in [5.74, 6) is 0.279. The van der Waals surface area contributed by atoms with E-state index in [1.807, 2.05) is 0 Å². The Morgan fingerprint density at radius 3 is 3.20 bits per heavy atom. The topological polar surface area (TPSA) is 32.3 Å². The van der Waals surface area contributed by atoms with Gasteiger partial charge >= 0.3 is 0 Å². The lowest BCUT2D eigenvalue weighted by atomic mass is 10.4. The second kappa shape index (κ2) is 4.53. The highest BCUT2D eigenvalue weighted by Gasteiger charge is 2.13. The largest absolute Gasteiger partial charge is 0.309 e. The minimum atomic E-state index is 0.279. The summed E-state index contributed by atoms with van der Waals surface area (Å²) in [6.07, 6.45) is 0. The van der Waals surface area contributed by atoms with Crippen molar-refractivity contribution in [2.24, 2.45) is 0 Å². The summed E-state index contributed by atoms with van der Waals surface area (Å²) in [5.41, 5.74) is 0. The van der Waals surface area contributed by atoms with Crippen LogP contribution in [0.15, 0.2) is 0 Å². The molecule has 5 heteroatoms. The van der Waals surface area contributed by atoms with E-state index >= 15 is 0 Å². The van der Waals surface area contributed by atoms with Crippen molar-refractivity contribution in [1.82, 2.24) is 9.62 Å². The minimum Gasteiger partial charge on any atom is -0.309 e. The van der Waals surface area contributed by atoms with Gasteiger partial charge in [0.05, 0.1) is 13.1 Å². The summed E-state index contributed by atoms with van der Waals surface area (Å²) in [5, 5.41) is 3.05. The van der Waals surface area contributed by atoms with Crippen LogP contribution in [0.2, 0.25) is 0 Å². The van der Waals surface area contributed by atoms with Crippen LogP contribution in [0.4, 0.5) is 0 Å². The van der Waals surface area contributed by atoms with Gasteiger partial charge in [0.15, 0.2) is 5.78 Å². The van der Waals surface area contributed by atoms with Crippen LogP contribution in [0.3, 0.4) is 0 Å². The van der Waals surface area contributed by atoms with Crippen molar-refractivity contribution in [3.8, 4) is 0 Å². The number of hydrogen-bond donors (Lipinski definition) is 1. The average molecular weight is 272 g/mol. The van der Waals surface area contributed by atoms with Gasteiger partial charge in [-0.15, -0.1) is 0 Å². The second-order valence-corrected chi connectivity index (χ2v) is 3.98. The van der Waals surface area contributed by atoms with Crippen LogP contribution in [0.1, 0.15) is 0 Å². The molecule has 1 fully saturated rings. The molecule has 0 aliphatic carbocycles. The van der Waals surface area contributed by atoms with Crippen molar-refractivity contribution in [2.75, 3.05) is 26.2 Å². The van der Waals surface area contributed by atoms with E-state index < -0.39 is 0 Å². The lowest BCUT2D eigenvalue weighted by Gasteiger charge is -2.11. The number of hydrogen-bond acceptors (Lipinski definition) is 4. The van der Waals surface area contributed by atoms with Gasteiger partial charge < -0.3 is 5.32 Å². The third kappa shape index (κ3) is 2.73. The highest BCUT2D eigenvalue weighted by molar-refractivity contribution is 14.2. The van der Waals surface area contributed by atoms with Crippen LogP contribution in [-0.2, 0) is 4.79 Å². The molecule has 0 aromatic carbocycles. The number of ketones is 1. The van der Waals surface area contributed by atoms with Gasteiger partial charge in [0.2, 0.25) is 0 Å². The number of halogens is 1. The predicted molar refractivity (Wildman–Crippen MR) is 51.1 cm³/mol. The van der Waals surface area contributed by atoms with Crippen LogP contribution >= 0.6 is 30.3 Å². The molecule has 0 unspecified atom stereocenters. The number of Topliss-reactive ketones (excluding diaryl/α,β-unsaturated/α-hetero) is 1. The van der Waals surface area contributed by atoms with Crippen molar-refractivity contribution in [1.29, 1.82) is 0 Å². The van der Waals surface area contributed by atoms with E-state index in [2.05, 4.69) is 30.8 Å². The average Bonchev–Trinajstić information content (AvgIpc) is 2.13. The van der Waals surface area contributed by atoms with Gasteiger partial charge in [-0.1, -0.05) is 0 Å². The highest BCUT2D eigenvalue weighted by Crippen LogP contribution is 2.17. The van der Waals surface area contributed by atoms with E-state index in [1.54, 1.807) is 9.12 Å². The third-order valence-electron chi connectivity index (χ3n) is 1.31. The van der Waals surface area contributed by atoms with Gasteiger partial charge in [-0.2, -0.15) is 0 Å². The molecule has 1 rings (SSSR count). The van der Waals surface area contributed by atoms with Crippen LogP contribution in [0.5, 0.6) is 0 Å². The first-order valence-corrected chi connectivity index (χ1v) is 6.40. The first-order valence-electron chi connectivity index (χ1n) is 3.09. The van der Waals surface area contributed by atoms with Gasteiger partial charge in [-0.25, -0.2) is 4.31 Å². The molecular formula is C5H9IN2OS. The fraction of sp³-hybridized carbons (Fsp3) is 0.800. The molecule has 0 radical (unpaired) electrons. The molecule has 10 heavy (non-hydrogen) atoms. The number of nitrogens with zero attached hydrogens (tertiary/aromatic N) is 1. The van der Waals surface area contributed by atoms with Crippen molar-refractivity contribution in [2.45, 2.75) is 0 Å². The number of carbonyl (C=O) groups is 1. The molecule has 1 saturated heterocycles. The Hall–Kier alpha value is 0.670. The molecule has 0 amide bonds. The Labute approximate surface area is 76.6 Å². The Kier molecular flexibility index (Phi) is 3.97. The summed E-state index contributed by atoms with van der Waals surface area (Å²) in [6.45, 7) is 3.00. The number of rotatable bonds is 1. The third-order valence-corrected chi connectivity index (χ3v) is 3.49. The van der Waals surface area contributed by atoms with E-state index in [1.165, 1.54) is 0 Å². The SMILES string of the molecule is O=C1CNCCN(SI)C1. The molecule has 1 aliphatic heterocycles. The van der Waals surface area contributed by atoms with Gasteiger partial charge in [-0.3, -0.25) is 4.79 Å². The molecule has 0 aromatic rings. The zero-order valence-electron chi connectivity index (χ0n) is 5.47. The van der Waals surface area contributed by atoms with Crippen molar-refractivity contribution in [3.05, 3.63) is 0 Å². The molecule has 1 aliphatic rings. The van der Waals surface area contributed by atoms with Crippen molar-refractivity contribution < 1.29 is 4.79 Å². The number of carbonyl (C=O) groups excluding carboxylic acids is 1.